The largest absolute Gasteiger partial charge is 0.459 e. The highest BCUT2D eigenvalue weighted by Gasteiger charge is 2.29. The fraction of sp³-hybridized carbons (Fsp3) is 0.630. The molecule has 1 rings (SSSR count). The molecule has 0 fully saturated rings. The van der Waals surface area contributed by atoms with Gasteiger partial charge >= 0.3 is 23.9 Å². The van der Waals surface area contributed by atoms with Crippen LogP contribution in [0.5, 0.6) is 11.5 Å². The fourth-order valence-electron chi connectivity index (χ4n) is 2.62. The second kappa shape index (κ2) is 12.9. The Balaban J connectivity index is 3.01. The Morgan fingerprint density at radius 3 is 1.83 bits per heavy atom. The summed E-state index contributed by atoms with van der Waals surface area (Å²) in [4.78, 5) is 49.2. The first kappa shape index (κ1) is 31.1. The van der Waals surface area contributed by atoms with Crippen LogP contribution in [0.15, 0.2) is 18.2 Å². The molecule has 0 bridgehead atoms. The third-order valence-corrected chi connectivity index (χ3v) is 5.13. The number of carbonyl (C=O) groups excluding carboxylic acids is 4. The first-order valence-electron chi connectivity index (χ1n) is 12.2. The monoisotopic (exact) mass is 507 g/mol. The zero-order chi connectivity index (χ0) is 27.8. The average molecular weight is 508 g/mol. The summed E-state index contributed by atoms with van der Waals surface area (Å²) in [5.41, 5.74) is 5.07. The Morgan fingerprint density at radius 2 is 1.33 bits per heavy atom. The summed E-state index contributed by atoms with van der Waals surface area (Å²) < 4.78 is 21.7. The van der Waals surface area contributed by atoms with Crippen molar-refractivity contribution in [1.29, 1.82) is 0 Å². The zero-order valence-electron chi connectivity index (χ0n) is 22.9. The highest BCUT2D eigenvalue weighted by atomic mass is 16.6. The molecule has 1 aromatic carbocycles. The van der Waals surface area contributed by atoms with Crippen LogP contribution in [0.25, 0.3) is 0 Å². The van der Waals surface area contributed by atoms with Crippen molar-refractivity contribution in [3.05, 3.63) is 23.8 Å². The van der Waals surface area contributed by atoms with Crippen molar-refractivity contribution in [2.45, 2.75) is 99.8 Å². The molecule has 9 heteroatoms. The van der Waals surface area contributed by atoms with Crippen molar-refractivity contribution in [2.75, 3.05) is 0 Å². The molecule has 0 radical (unpaired) electrons. The number of nitrogens with two attached hydrogens (primary N) is 1. The van der Waals surface area contributed by atoms with Crippen molar-refractivity contribution < 1.29 is 38.1 Å². The molecule has 3 atom stereocenters. The smallest absolute Gasteiger partial charge is 0.323 e. The van der Waals surface area contributed by atoms with Gasteiger partial charge in [-0.05, 0) is 85.9 Å². The Kier molecular flexibility index (Phi) is 11.1. The van der Waals surface area contributed by atoms with Gasteiger partial charge in [0.25, 0.3) is 0 Å². The predicted molar refractivity (Wildman–Crippen MR) is 134 cm³/mol. The van der Waals surface area contributed by atoms with Gasteiger partial charge in [0.05, 0.1) is 10.8 Å². The van der Waals surface area contributed by atoms with Crippen molar-refractivity contribution in [2.24, 2.45) is 16.6 Å². The summed E-state index contributed by atoms with van der Waals surface area (Å²) in [6, 6.07) is 3.62. The van der Waals surface area contributed by atoms with Crippen LogP contribution in [0.2, 0.25) is 0 Å². The predicted octanol–water partition coefficient (Wildman–Crippen LogP) is 4.12. The molecule has 0 aliphatic heterocycles. The normalized spacial score (nSPS) is 14.3. The van der Waals surface area contributed by atoms with E-state index in [4.69, 9.17) is 24.7 Å². The SMILES string of the molecule is CCCC(=O)O[C@@H](C)[C@H](C)OC(=O)[C@@H](N)Cc1ccc(OC(=O)C(C)(C)C)c(OC(=O)C(C)(C)C)c1. The molecule has 0 saturated heterocycles. The number of esters is 4. The maximum Gasteiger partial charge on any atom is 0.323 e. The first-order valence-corrected chi connectivity index (χ1v) is 12.2. The molecule has 0 heterocycles. The average Bonchev–Trinajstić information content (AvgIpc) is 2.73. The lowest BCUT2D eigenvalue weighted by Crippen LogP contribution is -2.39. The van der Waals surface area contributed by atoms with Gasteiger partial charge < -0.3 is 24.7 Å². The van der Waals surface area contributed by atoms with E-state index in [1.165, 1.54) is 12.1 Å². The number of hydrogen-bond acceptors (Lipinski definition) is 9. The van der Waals surface area contributed by atoms with Gasteiger partial charge in [-0.1, -0.05) is 13.0 Å². The van der Waals surface area contributed by atoms with E-state index < -0.39 is 47.0 Å². The van der Waals surface area contributed by atoms with E-state index >= 15 is 0 Å². The zero-order valence-corrected chi connectivity index (χ0v) is 22.9. The van der Waals surface area contributed by atoms with Gasteiger partial charge in [0, 0.05) is 6.42 Å². The minimum atomic E-state index is -1.03. The molecule has 0 aliphatic rings. The van der Waals surface area contributed by atoms with E-state index in [9.17, 15) is 19.2 Å². The van der Waals surface area contributed by atoms with Gasteiger partial charge in [0.1, 0.15) is 18.2 Å². The maximum atomic E-state index is 12.5. The van der Waals surface area contributed by atoms with E-state index in [-0.39, 0.29) is 30.3 Å². The van der Waals surface area contributed by atoms with Gasteiger partial charge in [0.15, 0.2) is 11.5 Å². The molecule has 36 heavy (non-hydrogen) atoms. The van der Waals surface area contributed by atoms with Crippen molar-refractivity contribution >= 4 is 23.9 Å². The van der Waals surface area contributed by atoms with E-state index in [0.717, 1.165) is 0 Å². The molecule has 0 saturated carbocycles. The quantitative estimate of drug-likeness (QED) is 0.367. The molecule has 0 spiro atoms. The molecule has 202 valence electrons. The molecule has 0 unspecified atom stereocenters. The topological polar surface area (TPSA) is 131 Å². The Labute approximate surface area is 214 Å². The summed E-state index contributed by atoms with van der Waals surface area (Å²) in [6.07, 6.45) is -0.296. The van der Waals surface area contributed by atoms with Gasteiger partial charge in [-0.3, -0.25) is 19.2 Å². The van der Waals surface area contributed by atoms with Crippen LogP contribution in [0.4, 0.5) is 0 Å². The number of hydrogen-bond donors (Lipinski definition) is 1. The molecule has 2 N–H and O–H groups in total. The van der Waals surface area contributed by atoms with Crippen molar-refractivity contribution in [3.8, 4) is 11.5 Å². The molecular weight excluding hydrogens is 466 g/mol. The second-order valence-electron chi connectivity index (χ2n) is 11.0. The Bertz CT molecular complexity index is 942. The molecule has 0 amide bonds. The lowest BCUT2D eigenvalue weighted by molar-refractivity contribution is -0.166. The summed E-state index contributed by atoms with van der Waals surface area (Å²) >= 11 is 0. The van der Waals surface area contributed by atoms with Crippen molar-refractivity contribution in [1.82, 2.24) is 0 Å². The number of rotatable bonds is 10. The molecule has 0 aliphatic carbocycles. The van der Waals surface area contributed by atoms with Crippen LogP contribution in [-0.4, -0.2) is 42.1 Å². The van der Waals surface area contributed by atoms with Crippen LogP contribution in [0.1, 0.15) is 80.7 Å². The van der Waals surface area contributed by atoms with Crippen LogP contribution >= 0.6 is 0 Å². The third-order valence-electron chi connectivity index (χ3n) is 5.13. The summed E-state index contributed by atoms with van der Waals surface area (Å²) in [5, 5.41) is 0. The van der Waals surface area contributed by atoms with Crippen LogP contribution in [0.3, 0.4) is 0 Å². The van der Waals surface area contributed by atoms with Gasteiger partial charge in [0.2, 0.25) is 0 Å². The minimum absolute atomic E-state index is 0.0513. The number of ether oxygens (including phenoxy) is 4. The van der Waals surface area contributed by atoms with Crippen LogP contribution in [0, 0.1) is 10.8 Å². The van der Waals surface area contributed by atoms with Crippen LogP contribution < -0.4 is 15.2 Å². The van der Waals surface area contributed by atoms with E-state index in [2.05, 4.69) is 0 Å². The Hall–Kier alpha value is -2.94. The summed E-state index contributed by atoms with van der Waals surface area (Å²) in [6.45, 7) is 15.4. The summed E-state index contributed by atoms with van der Waals surface area (Å²) in [5.74, 6) is -1.90. The van der Waals surface area contributed by atoms with Gasteiger partial charge in [-0.25, -0.2) is 0 Å². The van der Waals surface area contributed by atoms with Gasteiger partial charge in [-0.15, -0.1) is 0 Å². The first-order chi connectivity index (χ1) is 16.4. The van der Waals surface area contributed by atoms with E-state index in [1.807, 2.05) is 6.92 Å². The standard InChI is InChI=1S/C27H41NO8/c1-10-11-22(29)33-16(2)17(3)34-23(30)19(28)14-18-12-13-20(35-24(31)26(4,5)6)21(15-18)36-25(32)27(7,8)9/h12-13,15-17,19H,10-11,14,28H2,1-9H3/t16-,17-,19-/m0/s1. The number of carbonyl (C=O) groups is 4. The van der Waals surface area contributed by atoms with E-state index in [0.29, 0.717) is 12.0 Å². The maximum absolute atomic E-state index is 12.5. The van der Waals surface area contributed by atoms with Gasteiger partial charge in [-0.2, -0.15) is 0 Å². The number of benzene rings is 1. The third kappa shape index (κ3) is 9.97. The second-order valence-corrected chi connectivity index (χ2v) is 11.0. The molecule has 1 aromatic rings. The van der Waals surface area contributed by atoms with Crippen LogP contribution in [-0.2, 0) is 35.1 Å². The fourth-order valence-corrected chi connectivity index (χ4v) is 2.62. The lowest BCUT2D eigenvalue weighted by atomic mass is 9.97. The molecule has 9 nitrogen and oxygen atoms in total. The van der Waals surface area contributed by atoms with E-state index in [1.54, 1.807) is 61.5 Å². The highest BCUT2D eigenvalue weighted by molar-refractivity contribution is 5.81. The molecule has 0 aromatic heterocycles. The van der Waals surface area contributed by atoms with Crippen molar-refractivity contribution in [3.63, 3.8) is 0 Å². The lowest BCUT2D eigenvalue weighted by Gasteiger charge is -2.23. The minimum Gasteiger partial charge on any atom is -0.459 e. The summed E-state index contributed by atoms with van der Waals surface area (Å²) in [7, 11) is 0. The molecular formula is C27H41NO8. The Morgan fingerprint density at radius 1 is 0.833 bits per heavy atom. The highest BCUT2D eigenvalue weighted by Crippen LogP contribution is 2.33.